The average Bonchev–Trinajstić information content (AvgIpc) is 2.67. The molecule has 0 heterocycles. The average molecular weight is 400 g/mol. The van der Waals surface area contributed by atoms with Crippen molar-refractivity contribution in [2.75, 3.05) is 20.1 Å². The smallest absolute Gasteiger partial charge is 0.303 e. The normalized spacial score (nSPS) is 10.8. The number of hydrogen-bond acceptors (Lipinski definition) is 2. The van der Waals surface area contributed by atoms with E-state index >= 15 is 0 Å². The summed E-state index contributed by atoms with van der Waals surface area (Å²) in [6, 6.07) is 0. The zero-order chi connectivity index (χ0) is 21.3. The van der Waals surface area contributed by atoms with E-state index in [1.54, 1.807) is 0 Å². The maximum atomic E-state index is 10.3. The summed E-state index contributed by atoms with van der Waals surface area (Å²) in [5.41, 5.74) is 0. The summed E-state index contributed by atoms with van der Waals surface area (Å²) >= 11 is 0. The van der Waals surface area contributed by atoms with E-state index in [9.17, 15) is 4.79 Å². The van der Waals surface area contributed by atoms with E-state index in [1.807, 2.05) is 0 Å². The summed E-state index contributed by atoms with van der Waals surface area (Å²) in [4.78, 5) is 12.7. The molecule has 0 spiro atoms. The van der Waals surface area contributed by atoms with Crippen molar-refractivity contribution in [1.29, 1.82) is 0 Å². The van der Waals surface area contributed by atoms with Crippen LogP contribution in [0.3, 0.4) is 0 Å². The van der Waals surface area contributed by atoms with Crippen LogP contribution >= 0.6 is 0 Å². The molecular weight excluding hydrogens is 346 g/mol. The Balaban J connectivity index is 0. The molecule has 0 amide bonds. The standard InChI is InChI=1S/C15H30O2.C10H23N/c1-2-3-4-5-6-7-8-9-10-11-12-13-14-15(16)17;1-4-6-7-8-10-11(3)9-5-2/h2-14H2,1H3,(H,16,17);4-10H2,1-3H3. The number of carbonyl (C=O) groups is 1. The van der Waals surface area contributed by atoms with Crippen LogP contribution in [0.5, 0.6) is 0 Å². The van der Waals surface area contributed by atoms with Gasteiger partial charge in [0.25, 0.3) is 0 Å². The quantitative estimate of drug-likeness (QED) is 0.210. The van der Waals surface area contributed by atoms with Gasteiger partial charge >= 0.3 is 5.97 Å². The van der Waals surface area contributed by atoms with Gasteiger partial charge in [0, 0.05) is 6.42 Å². The van der Waals surface area contributed by atoms with Gasteiger partial charge in [-0.15, -0.1) is 0 Å². The van der Waals surface area contributed by atoms with Crippen LogP contribution in [0.1, 0.15) is 136 Å². The third-order valence-corrected chi connectivity index (χ3v) is 5.24. The predicted octanol–water partition coefficient (Wildman–Crippen LogP) is 8.07. The number of hydrogen-bond donors (Lipinski definition) is 1. The van der Waals surface area contributed by atoms with Crippen LogP contribution in [0.25, 0.3) is 0 Å². The fourth-order valence-corrected chi connectivity index (χ4v) is 3.42. The molecule has 0 radical (unpaired) electrons. The number of carboxylic acids is 1. The van der Waals surface area contributed by atoms with Crippen LogP contribution in [-0.2, 0) is 4.79 Å². The largest absolute Gasteiger partial charge is 0.481 e. The third-order valence-electron chi connectivity index (χ3n) is 5.24. The maximum Gasteiger partial charge on any atom is 0.303 e. The topological polar surface area (TPSA) is 40.5 Å². The first-order valence-electron chi connectivity index (χ1n) is 12.5. The minimum absolute atomic E-state index is 0.345. The number of unbranched alkanes of at least 4 members (excludes halogenated alkanes) is 14. The minimum atomic E-state index is -0.655. The first-order valence-corrected chi connectivity index (χ1v) is 12.5. The summed E-state index contributed by atoms with van der Waals surface area (Å²) in [5, 5.41) is 8.47. The predicted molar refractivity (Wildman–Crippen MR) is 125 cm³/mol. The highest BCUT2D eigenvalue weighted by molar-refractivity contribution is 5.66. The summed E-state index contributed by atoms with van der Waals surface area (Å²) in [6.07, 6.45) is 22.6. The number of rotatable bonds is 20. The number of nitrogens with zero attached hydrogens (tertiary/aromatic N) is 1. The second kappa shape index (κ2) is 26.4. The monoisotopic (exact) mass is 399 g/mol. The Kier molecular flexibility index (Phi) is 28.0. The van der Waals surface area contributed by atoms with E-state index < -0.39 is 5.97 Å². The van der Waals surface area contributed by atoms with Crippen molar-refractivity contribution in [2.24, 2.45) is 0 Å². The summed E-state index contributed by atoms with van der Waals surface area (Å²) in [5.74, 6) is -0.655. The van der Waals surface area contributed by atoms with Crippen molar-refractivity contribution in [3.8, 4) is 0 Å². The molecule has 0 rings (SSSR count). The molecule has 0 aromatic rings. The van der Waals surface area contributed by atoms with E-state index in [0.717, 1.165) is 12.8 Å². The van der Waals surface area contributed by atoms with Crippen LogP contribution in [0.4, 0.5) is 0 Å². The highest BCUT2D eigenvalue weighted by Gasteiger charge is 1.97. The lowest BCUT2D eigenvalue weighted by molar-refractivity contribution is -0.137. The first kappa shape index (κ1) is 29.6. The van der Waals surface area contributed by atoms with Gasteiger partial charge in [-0.1, -0.05) is 111 Å². The lowest BCUT2D eigenvalue weighted by Crippen LogP contribution is -2.20. The molecular formula is C25H53NO2. The van der Waals surface area contributed by atoms with Gasteiger partial charge in [-0.2, -0.15) is 0 Å². The van der Waals surface area contributed by atoms with Crippen LogP contribution in [0.2, 0.25) is 0 Å². The van der Waals surface area contributed by atoms with Crippen molar-refractivity contribution in [2.45, 2.75) is 136 Å². The van der Waals surface area contributed by atoms with Gasteiger partial charge in [0.1, 0.15) is 0 Å². The maximum absolute atomic E-state index is 10.3. The third kappa shape index (κ3) is 30.2. The zero-order valence-corrected chi connectivity index (χ0v) is 19.9. The van der Waals surface area contributed by atoms with E-state index in [0.29, 0.717) is 6.42 Å². The second-order valence-electron chi connectivity index (χ2n) is 8.40. The molecule has 0 fully saturated rings. The Hall–Kier alpha value is -0.570. The molecule has 3 heteroatoms. The lowest BCUT2D eigenvalue weighted by atomic mass is 10.0. The molecule has 1 N–H and O–H groups in total. The van der Waals surface area contributed by atoms with Crippen LogP contribution in [-0.4, -0.2) is 36.1 Å². The van der Waals surface area contributed by atoms with Crippen molar-refractivity contribution < 1.29 is 9.90 Å². The van der Waals surface area contributed by atoms with Crippen molar-refractivity contribution in [1.82, 2.24) is 4.90 Å². The highest BCUT2D eigenvalue weighted by Crippen LogP contribution is 2.12. The summed E-state index contributed by atoms with van der Waals surface area (Å²) < 4.78 is 0. The van der Waals surface area contributed by atoms with Crippen LogP contribution in [0.15, 0.2) is 0 Å². The van der Waals surface area contributed by atoms with Gasteiger partial charge in [-0.25, -0.2) is 0 Å². The number of carboxylic acid groups (broad SMARTS) is 1. The minimum Gasteiger partial charge on any atom is -0.481 e. The SMILES string of the molecule is CCCCCCCCCCCCCCC(=O)O.CCCCCCN(C)CCC. The number of aliphatic carboxylic acids is 1. The molecule has 0 saturated carbocycles. The molecule has 0 aliphatic carbocycles. The molecule has 0 aliphatic heterocycles. The zero-order valence-electron chi connectivity index (χ0n) is 19.9. The molecule has 0 saturated heterocycles. The Morgan fingerprint density at radius 3 is 1.36 bits per heavy atom. The Labute approximate surface area is 177 Å². The molecule has 0 bridgehead atoms. The molecule has 0 aliphatic rings. The summed E-state index contributed by atoms with van der Waals surface area (Å²) in [6.45, 7) is 9.29. The van der Waals surface area contributed by atoms with Gasteiger partial charge in [0.05, 0.1) is 0 Å². The molecule has 0 aromatic carbocycles. The van der Waals surface area contributed by atoms with Crippen molar-refractivity contribution in [3.05, 3.63) is 0 Å². The van der Waals surface area contributed by atoms with E-state index in [-0.39, 0.29) is 0 Å². The molecule has 28 heavy (non-hydrogen) atoms. The van der Waals surface area contributed by atoms with E-state index in [1.165, 1.54) is 109 Å². The van der Waals surface area contributed by atoms with E-state index in [4.69, 9.17) is 5.11 Å². The Bertz CT molecular complexity index is 294. The highest BCUT2D eigenvalue weighted by atomic mass is 16.4. The lowest BCUT2D eigenvalue weighted by Gasteiger charge is -2.14. The van der Waals surface area contributed by atoms with Crippen LogP contribution < -0.4 is 0 Å². The second-order valence-corrected chi connectivity index (χ2v) is 8.40. The summed E-state index contributed by atoms with van der Waals surface area (Å²) in [7, 11) is 2.22. The van der Waals surface area contributed by atoms with Gasteiger partial charge in [0.2, 0.25) is 0 Å². The van der Waals surface area contributed by atoms with Crippen LogP contribution in [0, 0.1) is 0 Å². The fourth-order valence-electron chi connectivity index (χ4n) is 3.42. The van der Waals surface area contributed by atoms with Crippen molar-refractivity contribution in [3.63, 3.8) is 0 Å². The van der Waals surface area contributed by atoms with Crippen molar-refractivity contribution >= 4 is 5.97 Å². The Morgan fingerprint density at radius 1 is 0.571 bits per heavy atom. The van der Waals surface area contributed by atoms with Gasteiger partial charge in [-0.3, -0.25) is 4.79 Å². The molecule has 0 aromatic heterocycles. The van der Waals surface area contributed by atoms with E-state index in [2.05, 4.69) is 32.7 Å². The van der Waals surface area contributed by atoms with Gasteiger partial charge in [-0.05, 0) is 39.4 Å². The Morgan fingerprint density at radius 2 is 0.964 bits per heavy atom. The van der Waals surface area contributed by atoms with Gasteiger partial charge < -0.3 is 10.0 Å². The first-order chi connectivity index (χ1) is 13.6. The van der Waals surface area contributed by atoms with Gasteiger partial charge in [0.15, 0.2) is 0 Å². The fraction of sp³-hybridized carbons (Fsp3) is 0.960. The molecule has 0 unspecified atom stereocenters. The molecule has 3 nitrogen and oxygen atoms in total. The molecule has 0 atom stereocenters. The molecule has 170 valence electrons.